The highest BCUT2D eigenvalue weighted by Crippen LogP contribution is 2.31. The standard InChI is InChI=1S/C23H24FN3O3/c1-29-20-4-2-3-17(11-20)13-27(12-16-5-6-16)14-22-26-21(15-30-22)23(28)25-19-9-7-18(24)8-10-19/h2-4,7-11,15-16H,5-6,12-14H2,1H3,(H,25,28). The van der Waals surface area contributed by atoms with Crippen LogP contribution in [-0.2, 0) is 13.1 Å². The molecule has 3 aromatic rings. The van der Waals surface area contributed by atoms with Crippen molar-refractivity contribution in [3.63, 3.8) is 0 Å². The van der Waals surface area contributed by atoms with Gasteiger partial charge in [0.1, 0.15) is 17.8 Å². The van der Waals surface area contributed by atoms with Crippen molar-refractivity contribution in [3.05, 3.63) is 77.8 Å². The molecule has 1 saturated carbocycles. The average Bonchev–Trinajstić information content (AvgIpc) is 3.44. The zero-order valence-corrected chi connectivity index (χ0v) is 16.8. The van der Waals surface area contributed by atoms with Crippen LogP contribution in [0.1, 0.15) is 34.8 Å². The molecule has 1 aliphatic carbocycles. The van der Waals surface area contributed by atoms with Gasteiger partial charge in [-0.1, -0.05) is 12.1 Å². The number of aromatic nitrogens is 1. The van der Waals surface area contributed by atoms with Crippen molar-refractivity contribution in [1.82, 2.24) is 9.88 Å². The Bertz CT molecular complexity index is 999. The van der Waals surface area contributed by atoms with E-state index in [1.807, 2.05) is 18.2 Å². The van der Waals surface area contributed by atoms with Crippen molar-refractivity contribution in [2.24, 2.45) is 5.92 Å². The Morgan fingerprint density at radius 2 is 2.03 bits per heavy atom. The number of amides is 1. The van der Waals surface area contributed by atoms with Crippen LogP contribution in [0.15, 0.2) is 59.2 Å². The Hall–Kier alpha value is -3.19. The van der Waals surface area contributed by atoms with Crippen molar-refractivity contribution in [2.45, 2.75) is 25.9 Å². The van der Waals surface area contributed by atoms with Crippen molar-refractivity contribution in [1.29, 1.82) is 0 Å². The fourth-order valence-corrected chi connectivity index (χ4v) is 3.29. The van der Waals surface area contributed by atoms with Crippen LogP contribution in [0.5, 0.6) is 5.75 Å². The predicted molar refractivity (Wildman–Crippen MR) is 111 cm³/mol. The van der Waals surface area contributed by atoms with E-state index in [-0.39, 0.29) is 11.5 Å². The number of benzene rings is 2. The molecule has 0 bridgehead atoms. The number of hydrogen-bond acceptors (Lipinski definition) is 5. The topological polar surface area (TPSA) is 67.6 Å². The van der Waals surface area contributed by atoms with Crippen LogP contribution in [0.2, 0.25) is 0 Å². The molecule has 7 heteroatoms. The molecular weight excluding hydrogens is 385 g/mol. The molecule has 1 fully saturated rings. The maximum absolute atomic E-state index is 13.0. The number of rotatable bonds is 9. The number of nitrogens with one attached hydrogen (secondary N) is 1. The molecule has 0 saturated heterocycles. The predicted octanol–water partition coefficient (Wildman–Crippen LogP) is 4.49. The molecule has 156 valence electrons. The molecule has 0 spiro atoms. The van der Waals surface area contributed by atoms with Gasteiger partial charge in [0.15, 0.2) is 5.69 Å². The summed E-state index contributed by atoms with van der Waals surface area (Å²) in [5, 5.41) is 2.69. The lowest BCUT2D eigenvalue weighted by Gasteiger charge is -2.21. The molecule has 2 aromatic carbocycles. The molecule has 6 nitrogen and oxygen atoms in total. The second kappa shape index (κ2) is 9.09. The van der Waals surface area contributed by atoms with Gasteiger partial charge >= 0.3 is 0 Å². The summed E-state index contributed by atoms with van der Waals surface area (Å²) in [6.45, 7) is 2.21. The Morgan fingerprint density at radius 3 is 2.77 bits per heavy atom. The van der Waals surface area contributed by atoms with Crippen molar-refractivity contribution in [2.75, 3.05) is 19.0 Å². The van der Waals surface area contributed by atoms with Gasteiger partial charge in [-0.2, -0.15) is 0 Å². The van der Waals surface area contributed by atoms with E-state index in [4.69, 9.17) is 9.15 Å². The molecule has 1 aromatic heterocycles. The van der Waals surface area contributed by atoms with Crippen molar-refractivity contribution < 1.29 is 18.3 Å². The number of anilines is 1. The molecule has 1 aliphatic rings. The number of nitrogens with zero attached hydrogens (tertiary/aromatic N) is 2. The molecule has 30 heavy (non-hydrogen) atoms. The van der Waals surface area contributed by atoms with Crippen LogP contribution < -0.4 is 10.1 Å². The summed E-state index contributed by atoms with van der Waals surface area (Å²) in [6, 6.07) is 13.6. The molecule has 1 heterocycles. The minimum atomic E-state index is -0.391. The largest absolute Gasteiger partial charge is 0.497 e. The Kier molecular flexibility index (Phi) is 6.09. The Balaban J connectivity index is 1.41. The van der Waals surface area contributed by atoms with Crippen LogP contribution >= 0.6 is 0 Å². The molecule has 0 atom stereocenters. The van der Waals surface area contributed by atoms with Gasteiger partial charge in [-0.3, -0.25) is 9.69 Å². The summed E-state index contributed by atoms with van der Waals surface area (Å²) in [4.78, 5) is 19.0. The Morgan fingerprint density at radius 1 is 1.23 bits per heavy atom. The van der Waals surface area contributed by atoms with E-state index in [9.17, 15) is 9.18 Å². The fraction of sp³-hybridized carbons (Fsp3) is 0.304. The summed E-state index contributed by atoms with van der Waals surface area (Å²) >= 11 is 0. The van der Waals surface area contributed by atoms with Crippen molar-refractivity contribution in [3.8, 4) is 5.75 Å². The molecule has 0 radical (unpaired) electrons. The van der Waals surface area contributed by atoms with Crippen LogP contribution in [0.4, 0.5) is 10.1 Å². The monoisotopic (exact) mass is 409 g/mol. The molecule has 4 rings (SSSR count). The van der Waals surface area contributed by atoms with Gasteiger partial charge in [-0.05, 0) is 60.7 Å². The third kappa shape index (κ3) is 5.45. The quantitative estimate of drug-likeness (QED) is 0.564. The van der Waals surface area contributed by atoms with Gasteiger partial charge < -0.3 is 14.5 Å². The van der Waals surface area contributed by atoms with E-state index in [2.05, 4.69) is 21.3 Å². The molecule has 0 unspecified atom stereocenters. The summed E-state index contributed by atoms with van der Waals surface area (Å²) in [6.07, 6.45) is 3.84. The maximum atomic E-state index is 13.0. The van der Waals surface area contributed by atoms with Gasteiger partial charge in [0.2, 0.25) is 5.89 Å². The van der Waals surface area contributed by atoms with Gasteiger partial charge in [0.05, 0.1) is 13.7 Å². The highest BCUT2D eigenvalue weighted by atomic mass is 19.1. The zero-order chi connectivity index (χ0) is 20.9. The number of halogens is 1. The van der Waals surface area contributed by atoms with Crippen LogP contribution in [0.25, 0.3) is 0 Å². The second-order valence-corrected chi connectivity index (χ2v) is 7.55. The van der Waals surface area contributed by atoms with E-state index < -0.39 is 5.91 Å². The third-order valence-corrected chi connectivity index (χ3v) is 5.00. The number of hydrogen-bond donors (Lipinski definition) is 1. The van der Waals surface area contributed by atoms with Gasteiger partial charge in [0, 0.05) is 18.8 Å². The van der Waals surface area contributed by atoms with Gasteiger partial charge in [-0.15, -0.1) is 0 Å². The van der Waals surface area contributed by atoms with Crippen LogP contribution in [0.3, 0.4) is 0 Å². The first-order valence-electron chi connectivity index (χ1n) is 9.95. The van der Waals surface area contributed by atoms with Gasteiger partial charge in [-0.25, -0.2) is 9.37 Å². The van der Waals surface area contributed by atoms with E-state index >= 15 is 0 Å². The number of carbonyl (C=O) groups is 1. The smallest absolute Gasteiger partial charge is 0.277 e. The first-order chi connectivity index (χ1) is 14.6. The summed E-state index contributed by atoms with van der Waals surface area (Å²) in [7, 11) is 1.66. The summed E-state index contributed by atoms with van der Waals surface area (Å²) in [5.41, 5.74) is 1.84. The van der Waals surface area contributed by atoms with E-state index in [0.717, 1.165) is 24.4 Å². The lowest BCUT2D eigenvalue weighted by Crippen LogP contribution is -2.25. The van der Waals surface area contributed by atoms with Gasteiger partial charge in [0.25, 0.3) is 5.91 Å². The zero-order valence-electron chi connectivity index (χ0n) is 16.8. The third-order valence-electron chi connectivity index (χ3n) is 5.00. The average molecular weight is 409 g/mol. The SMILES string of the molecule is COc1cccc(CN(Cc2nc(C(=O)Nc3ccc(F)cc3)co2)CC2CC2)c1. The summed E-state index contributed by atoms with van der Waals surface area (Å²) in [5.74, 6) is 1.27. The maximum Gasteiger partial charge on any atom is 0.277 e. The second-order valence-electron chi connectivity index (χ2n) is 7.55. The first kappa shape index (κ1) is 20.1. The Labute approximate surface area is 174 Å². The van der Waals surface area contributed by atoms with Crippen LogP contribution in [-0.4, -0.2) is 29.4 Å². The molecule has 1 N–H and O–H groups in total. The minimum absolute atomic E-state index is 0.196. The van der Waals surface area contributed by atoms with Crippen LogP contribution in [0, 0.1) is 11.7 Å². The minimum Gasteiger partial charge on any atom is -0.497 e. The van der Waals surface area contributed by atoms with E-state index in [1.165, 1.54) is 43.4 Å². The number of oxazole rings is 1. The lowest BCUT2D eigenvalue weighted by molar-refractivity contribution is 0.102. The molecule has 0 aliphatic heterocycles. The fourth-order valence-electron chi connectivity index (χ4n) is 3.29. The van der Waals surface area contributed by atoms with E-state index in [0.29, 0.717) is 24.0 Å². The lowest BCUT2D eigenvalue weighted by atomic mass is 10.2. The van der Waals surface area contributed by atoms with Crippen molar-refractivity contribution >= 4 is 11.6 Å². The first-order valence-corrected chi connectivity index (χ1v) is 9.95. The molecule has 1 amide bonds. The number of carbonyl (C=O) groups excluding carboxylic acids is 1. The normalized spacial score (nSPS) is 13.4. The highest BCUT2D eigenvalue weighted by molar-refractivity contribution is 6.02. The summed E-state index contributed by atoms with van der Waals surface area (Å²) < 4.78 is 23.9. The number of methoxy groups -OCH3 is 1. The molecular formula is C23H24FN3O3. The number of ether oxygens (including phenoxy) is 1. The van der Waals surface area contributed by atoms with E-state index in [1.54, 1.807) is 7.11 Å². The highest BCUT2D eigenvalue weighted by Gasteiger charge is 2.25.